The van der Waals surface area contributed by atoms with Crippen LogP contribution in [0.3, 0.4) is 0 Å². The molecule has 0 aliphatic carbocycles. The van der Waals surface area contributed by atoms with Crippen LogP contribution in [0.25, 0.3) is 11.2 Å². The smallest absolute Gasteiger partial charge is 0.337 e. The third-order valence-electron chi connectivity index (χ3n) is 4.70. The summed E-state index contributed by atoms with van der Waals surface area (Å²) in [6, 6.07) is 6.94. The Bertz CT molecular complexity index is 983. The average Bonchev–Trinajstić information content (AvgIpc) is 3.16. The van der Waals surface area contributed by atoms with Crippen LogP contribution in [0.1, 0.15) is 41.4 Å². The molecule has 2 aromatic heterocycles. The summed E-state index contributed by atoms with van der Waals surface area (Å²) in [6.45, 7) is 1.06. The van der Waals surface area contributed by atoms with Crippen LogP contribution >= 0.6 is 0 Å². The normalized spacial score (nSPS) is 16.9. The van der Waals surface area contributed by atoms with Gasteiger partial charge in [0.05, 0.1) is 19.0 Å². The Hall–Kier alpha value is -3.07. The standard InChI is InChI=1S/C19H20FN5O3/c1-27-18(26)13-7-5-12(6-8-13)10-21-16-15-17(24-19(20)23-16)25(11-22-15)14-4-2-3-9-28-14/h5-8,11,14H,2-4,9-10H2,1H3,(H,21,23,24). The number of carbonyl (C=O) groups is 1. The van der Waals surface area contributed by atoms with Crippen LogP contribution in [0.5, 0.6) is 0 Å². The fourth-order valence-corrected chi connectivity index (χ4v) is 3.23. The number of carbonyl (C=O) groups excluding carboxylic acids is 1. The number of esters is 1. The molecular weight excluding hydrogens is 365 g/mol. The van der Waals surface area contributed by atoms with Gasteiger partial charge in [-0.2, -0.15) is 14.4 Å². The first-order chi connectivity index (χ1) is 13.7. The van der Waals surface area contributed by atoms with Crippen molar-refractivity contribution in [2.45, 2.75) is 32.0 Å². The topological polar surface area (TPSA) is 91.2 Å². The highest BCUT2D eigenvalue weighted by atomic mass is 19.1. The molecule has 3 aromatic rings. The molecule has 4 rings (SSSR count). The summed E-state index contributed by atoms with van der Waals surface area (Å²) in [7, 11) is 1.34. The molecule has 146 valence electrons. The van der Waals surface area contributed by atoms with Gasteiger partial charge >= 0.3 is 12.0 Å². The lowest BCUT2D eigenvalue weighted by Crippen LogP contribution is -2.18. The summed E-state index contributed by atoms with van der Waals surface area (Å²) in [5.74, 6) is -0.0799. The van der Waals surface area contributed by atoms with E-state index >= 15 is 0 Å². The summed E-state index contributed by atoms with van der Waals surface area (Å²) in [5, 5.41) is 3.10. The van der Waals surface area contributed by atoms with Crippen LogP contribution in [-0.2, 0) is 16.0 Å². The number of halogens is 1. The van der Waals surface area contributed by atoms with E-state index in [2.05, 4.69) is 25.0 Å². The summed E-state index contributed by atoms with van der Waals surface area (Å²) in [4.78, 5) is 23.6. The molecule has 8 nitrogen and oxygen atoms in total. The quantitative estimate of drug-likeness (QED) is 0.533. The molecule has 3 heterocycles. The van der Waals surface area contributed by atoms with Crippen LogP contribution in [-0.4, -0.2) is 39.2 Å². The molecule has 1 aliphatic heterocycles. The molecule has 1 aliphatic rings. The van der Waals surface area contributed by atoms with Gasteiger partial charge in [0.25, 0.3) is 0 Å². The van der Waals surface area contributed by atoms with Crippen molar-refractivity contribution in [3.63, 3.8) is 0 Å². The number of ether oxygens (including phenoxy) is 2. The Kier molecular flexibility index (Phi) is 5.16. The molecule has 0 amide bonds. The van der Waals surface area contributed by atoms with Crippen LogP contribution in [0.4, 0.5) is 10.2 Å². The number of hydrogen-bond donors (Lipinski definition) is 1. The van der Waals surface area contributed by atoms with Gasteiger partial charge in [-0.05, 0) is 37.0 Å². The van der Waals surface area contributed by atoms with Crippen molar-refractivity contribution in [2.24, 2.45) is 0 Å². The van der Waals surface area contributed by atoms with E-state index in [1.807, 2.05) is 0 Å². The maximum absolute atomic E-state index is 14.0. The predicted molar refractivity (Wildman–Crippen MR) is 99.2 cm³/mol. The zero-order valence-corrected chi connectivity index (χ0v) is 15.4. The zero-order chi connectivity index (χ0) is 19.5. The molecule has 28 heavy (non-hydrogen) atoms. The molecule has 1 N–H and O–H groups in total. The fourth-order valence-electron chi connectivity index (χ4n) is 3.23. The van der Waals surface area contributed by atoms with Crippen molar-refractivity contribution in [3.05, 3.63) is 47.8 Å². The van der Waals surface area contributed by atoms with Crippen molar-refractivity contribution >= 4 is 23.0 Å². The minimum absolute atomic E-state index is 0.188. The number of benzene rings is 1. The van der Waals surface area contributed by atoms with E-state index in [1.165, 1.54) is 7.11 Å². The van der Waals surface area contributed by atoms with E-state index in [0.717, 1.165) is 24.8 Å². The van der Waals surface area contributed by atoms with Crippen molar-refractivity contribution in [1.82, 2.24) is 19.5 Å². The van der Waals surface area contributed by atoms with Crippen molar-refractivity contribution in [3.8, 4) is 0 Å². The number of methoxy groups -OCH3 is 1. The third-order valence-corrected chi connectivity index (χ3v) is 4.70. The molecule has 0 spiro atoms. The lowest BCUT2D eigenvalue weighted by molar-refractivity contribution is -0.0298. The first-order valence-corrected chi connectivity index (χ1v) is 9.08. The minimum atomic E-state index is -0.825. The van der Waals surface area contributed by atoms with Crippen LogP contribution in [0.15, 0.2) is 30.6 Å². The molecule has 1 aromatic carbocycles. The zero-order valence-electron chi connectivity index (χ0n) is 15.4. The first-order valence-electron chi connectivity index (χ1n) is 9.08. The fraction of sp³-hybridized carbons (Fsp3) is 0.368. The SMILES string of the molecule is COC(=O)c1ccc(CNc2nc(F)nc3c2ncn3C2CCCCO2)cc1. The van der Waals surface area contributed by atoms with Crippen LogP contribution < -0.4 is 5.32 Å². The summed E-state index contributed by atoms with van der Waals surface area (Å²) >= 11 is 0. The molecule has 0 radical (unpaired) electrons. The number of imidazole rings is 1. The van der Waals surface area contributed by atoms with Crippen LogP contribution in [0.2, 0.25) is 0 Å². The highest BCUT2D eigenvalue weighted by Crippen LogP contribution is 2.27. The second kappa shape index (κ2) is 7.89. The van der Waals surface area contributed by atoms with Crippen molar-refractivity contribution in [2.75, 3.05) is 19.0 Å². The molecule has 1 atom stereocenters. The molecule has 1 saturated heterocycles. The first kappa shape index (κ1) is 18.3. The molecular formula is C19H20FN5O3. The van der Waals surface area contributed by atoms with E-state index < -0.39 is 12.0 Å². The van der Waals surface area contributed by atoms with E-state index in [9.17, 15) is 9.18 Å². The number of fused-ring (bicyclic) bond motifs is 1. The predicted octanol–water partition coefficient (Wildman–Crippen LogP) is 3.06. The maximum atomic E-state index is 14.0. The van der Waals surface area contributed by atoms with E-state index in [4.69, 9.17) is 4.74 Å². The Morgan fingerprint density at radius 2 is 2.14 bits per heavy atom. The highest BCUT2D eigenvalue weighted by Gasteiger charge is 2.21. The lowest BCUT2D eigenvalue weighted by Gasteiger charge is -2.23. The summed E-state index contributed by atoms with van der Waals surface area (Å²) in [6.07, 6.45) is 3.51. The van der Waals surface area contributed by atoms with Gasteiger partial charge in [-0.1, -0.05) is 12.1 Å². The largest absolute Gasteiger partial charge is 0.465 e. The van der Waals surface area contributed by atoms with Gasteiger partial charge in [0.2, 0.25) is 0 Å². The van der Waals surface area contributed by atoms with Gasteiger partial charge < -0.3 is 14.8 Å². The average molecular weight is 385 g/mol. The lowest BCUT2D eigenvalue weighted by atomic mass is 10.1. The Morgan fingerprint density at radius 1 is 1.32 bits per heavy atom. The van der Waals surface area contributed by atoms with E-state index in [0.29, 0.717) is 35.7 Å². The Morgan fingerprint density at radius 3 is 2.86 bits per heavy atom. The summed E-state index contributed by atoms with van der Waals surface area (Å²) < 4.78 is 26.2. The Balaban J connectivity index is 1.55. The van der Waals surface area contributed by atoms with Gasteiger partial charge in [-0.15, -0.1) is 0 Å². The second-order valence-corrected chi connectivity index (χ2v) is 6.53. The Labute approximate surface area is 160 Å². The summed E-state index contributed by atoms with van der Waals surface area (Å²) in [5.41, 5.74) is 2.26. The van der Waals surface area contributed by atoms with Gasteiger partial charge in [0, 0.05) is 13.2 Å². The number of rotatable bonds is 5. The highest BCUT2D eigenvalue weighted by molar-refractivity contribution is 5.89. The molecule has 1 unspecified atom stereocenters. The monoisotopic (exact) mass is 385 g/mol. The number of hydrogen-bond acceptors (Lipinski definition) is 7. The van der Waals surface area contributed by atoms with Crippen LogP contribution in [0, 0.1) is 6.08 Å². The molecule has 1 fully saturated rings. The van der Waals surface area contributed by atoms with Crippen molar-refractivity contribution in [1.29, 1.82) is 0 Å². The van der Waals surface area contributed by atoms with Gasteiger partial charge in [-0.3, -0.25) is 4.57 Å². The maximum Gasteiger partial charge on any atom is 0.337 e. The van der Waals surface area contributed by atoms with E-state index in [-0.39, 0.29) is 6.23 Å². The number of nitrogens with one attached hydrogen (secondary N) is 1. The van der Waals surface area contributed by atoms with Gasteiger partial charge in [0.1, 0.15) is 6.23 Å². The number of nitrogens with zero attached hydrogens (tertiary/aromatic N) is 4. The van der Waals surface area contributed by atoms with Crippen molar-refractivity contribution < 1.29 is 18.7 Å². The molecule has 0 saturated carbocycles. The molecule has 0 bridgehead atoms. The second-order valence-electron chi connectivity index (χ2n) is 6.53. The minimum Gasteiger partial charge on any atom is -0.465 e. The number of aromatic nitrogens is 4. The van der Waals surface area contributed by atoms with Gasteiger partial charge in [0.15, 0.2) is 17.0 Å². The molecule has 9 heteroatoms. The van der Waals surface area contributed by atoms with E-state index in [1.54, 1.807) is 35.2 Å². The van der Waals surface area contributed by atoms with Gasteiger partial charge in [-0.25, -0.2) is 9.78 Å². The number of anilines is 1. The third kappa shape index (κ3) is 3.65.